The Bertz CT molecular complexity index is 768. The van der Waals surface area contributed by atoms with Crippen LogP contribution in [0.4, 0.5) is 11.4 Å². The number of nitrogens with one attached hydrogen (secondary N) is 1. The summed E-state index contributed by atoms with van der Waals surface area (Å²) in [5.74, 6) is -0.596. The summed E-state index contributed by atoms with van der Waals surface area (Å²) in [5, 5.41) is 2.80. The van der Waals surface area contributed by atoms with Gasteiger partial charge in [0.05, 0.1) is 5.92 Å². The van der Waals surface area contributed by atoms with Crippen LogP contribution < -0.4 is 10.2 Å². The molecular weight excluding hydrogens is 288 g/mol. The average Bonchev–Trinajstić information content (AvgIpc) is 2.81. The second kappa shape index (κ2) is 6.08. The Morgan fingerprint density at radius 3 is 2.52 bits per heavy atom. The van der Waals surface area contributed by atoms with Gasteiger partial charge in [0, 0.05) is 24.0 Å². The van der Waals surface area contributed by atoms with Gasteiger partial charge in [-0.15, -0.1) is 0 Å². The third-order valence-electron chi connectivity index (χ3n) is 4.11. The van der Waals surface area contributed by atoms with E-state index in [0.717, 1.165) is 11.3 Å². The second-order valence-corrected chi connectivity index (χ2v) is 5.64. The third-order valence-corrected chi connectivity index (χ3v) is 4.11. The highest BCUT2D eigenvalue weighted by Crippen LogP contribution is 2.39. The summed E-state index contributed by atoms with van der Waals surface area (Å²) >= 11 is 0. The summed E-state index contributed by atoms with van der Waals surface area (Å²) in [4.78, 5) is 26.3. The van der Waals surface area contributed by atoms with E-state index in [2.05, 4.69) is 11.9 Å². The quantitative estimate of drug-likeness (QED) is 0.881. The molecule has 1 aliphatic rings. The van der Waals surface area contributed by atoms with E-state index in [4.69, 9.17) is 0 Å². The maximum absolute atomic E-state index is 12.4. The van der Waals surface area contributed by atoms with Crippen molar-refractivity contribution in [3.63, 3.8) is 0 Å². The lowest BCUT2D eigenvalue weighted by Crippen LogP contribution is -2.25. The van der Waals surface area contributed by atoms with Gasteiger partial charge in [-0.3, -0.25) is 9.59 Å². The van der Waals surface area contributed by atoms with Crippen LogP contribution in [0.15, 0.2) is 66.7 Å². The molecule has 0 saturated carbocycles. The first kappa shape index (κ1) is 15.0. The van der Waals surface area contributed by atoms with Gasteiger partial charge in [0.2, 0.25) is 5.91 Å². The number of hydrogen-bond acceptors (Lipinski definition) is 2. The maximum Gasteiger partial charge on any atom is 0.251 e. The number of rotatable bonds is 4. The van der Waals surface area contributed by atoms with Gasteiger partial charge in [-0.1, -0.05) is 43.0 Å². The highest BCUT2D eigenvalue weighted by molar-refractivity contribution is 6.07. The van der Waals surface area contributed by atoms with Crippen molar-refractivity contribution in [2.24, 2.45) is 0 Å². The van der Waals surface area contributed by atoms with E-state index in [1.807, 2.05) is 54.6 Å². The van der Waals surface area contributed by atoms with Crippen LogP contribution in [0, 0.1) is 0 Å². The first-order valence-corrected chi connectivity index (χ1v) is 7.48. The lowest BCUT2D eigenvalue weighted by atomic mass is 9.93. The summed E-state index contributed by atoms with van der Waals surface area (Å²) < 4.78 is 0. The smallest absolute Gasteiger partial charge is 0.251 e. The van der Waals surface area contributed by atoms with E-state index in [1.165, 1.54) is 0 Å². The molecule has 0 radical (unpaired) electrons. The van der Waals surface area contributed by atoms with Crippen molar-refractivity contribution in [3.8, 4) is 0 Å². The van der Waals surface area contributed by atoms with Gasteiger partial charge in [0.25, 0.3) is 5.91 Å². The lowest BCUT2D eigenvalue weighted by molar-refractivity contribution is -0.119. The molecule has 0 spiro atoms. The second-order valence-electron chi connectivity index (χ2n) is 5.64. The van der Waals surface area contributed by atoms with Gasteiger partial charge >= 0.3 is 0 Å². The van der Waals surface area contributed by atoms with Crippen LogP contribution in [0.1, 0.15) is 17.9 Å². The minimum Gasteiger partial charge on any atom is -0.322 e. The average molecular weight is 306 g/mol. The Labute approximate surface area is 135 Å². The number of nitrogens with zero attached hydrogens (tertiary/aromatic N) is 1. The van der Waals surface area contributed by atoms with Crippen molar-refractivity contribution in [3.05, 3.63) is 72.3 Å². The van der Waals surface area contributed by atoms with Gasteiger partial charge in [-0.05, 0) is 30.2 Å². The number of benzene rings is 2. The number of para-hydroxylation sites is 2. The molecule has 4 nitrogen and oxygen atoms in total. The highest BCUT2D eigenvalue weighted by atomic mass is 16.2. The number of anilines is 2. The Hall–Kier alpha value is -2.88. The maximum atomic E-state index is 12.4. The Morgan fingerprint density at radius 2 is 1.78 bits per heavy atom. The molecule has 1 aliphatic heterocycles. The molecule has 1 atom stereocenters. The minimum absolute atomic E-state index is 0.000129. The lowest BCUT2D eigenvalue weighted by Gasteiger charge is -2.13. The monoisotopic (exact) mass is 306 g/mol. The molecule has 116 valence electrons. The topological polar surface area (TPSA) is 49.4 Å². The number of hydrogen-bond donors (Lipinski definition) is 1. The first-order valence-electron chi connectivity index (χ1n) is 7.48. The molecule has 0 saturated heterocycles. The molecule has 1 N–H and O–H groups in total. The van der Waals surface area contributed by atoms with Crippen LogP contribution in [0.2, 0.25) is 0 Å². The van der Waals surface area contributed by atoms with Crippen molar-refractivity contribution >= 4 is 23.2 Å². The Kier molecular flexibility index (Phi) is 3.98. The fourth-order valence-corrected chi connectivity index (χ4v) is 2.85. The van der Waals surface area contributed by atoms with E-state index in [1.54, 1.807) is 11.9 Å². The zero-order valence-corrected chi connectivity index (χ0v) is 13.0. The SMILES string of the molecule is C=C(CC1C(=O)N(C)c2ccccc21)C(=O)Nc1ccccc1. The zero-order chi connectivity index (χ0) is 16.4. The van der Waals surface area contributed by atoms with Crippen molar-refractivity contribution < 1.29 is 9.59 Å². The normalized spacial score (nSPS) is 16.1. The largest absolute Gasteiger partial charge is 0.322 e. The molecule has 1 heterocycles. The van der Waals surface area contributed by atoms with Crippen LogP contribution in [0.5, 0.6) is 0 Å². The summed E-state index contributed by atoms with van der Waals surface area (Å²) in [5.41, 5.74) is 2.97. The van der Waals surface area contributed by atoms with Crippen molar-refractivity contribution in [1.29, 1.82) is 0 Å². The molecular formula is C19H18N2O2. The molecule has 0 aromatic heterocycles. The fraction of sp³-hybridized carbons (Fsp3) is 0.158. The van der Waals surface area contributed by atoms with Gasteiger partial charge in [-0.2, -0.15) is 0 Å². The van der Waals surface area contributed by atoms with Crippen LogP contribution >= 0.6 is 0 Å². The number of carbonyl (C=O) groups excluding carboxylic acids is 2. The molecule has 0 bridgehead atoms. The fourth-order valence-electron chi connectivity index (χ4n) is 2.85. The number of carbonyl (C=O) groups is 2. The molecule has 23 heavy (non-hydrogen) atoms. The summed E-state index contributed by atoms with van der Waals surface area (Å²) in [6, 6.07) is 16.9. The summed E-state index contributed by atoms with van der Waals surface area (Å²) in [7, 11) is 1.76. The van der Waals surface area contributed by atoms with Gasteiger partial charge in [-0.25, -0.2) is 0 Å². The van der Waals surface area contributed by atoms with E-state index >= 15 is 0 Å². The molecule has 2 aromatic carbocycles. The van der Waals surface area contributed by atoms with Crippen LogP contribution in [0.3, 0.4) is 0 Å². The minimum atomic E-state index is -0.342. The number of amides is 2. The van der Waals surface area contributed by atoms with Crippen LogP contribution in [-0.2, 0) is 9.59 Å². The van der Waals surface area contributed by atoms with Gasteiger partial charge < -0.3 is 10.2 Å². The van der Waals surface area contributed by atoms with Gasteiger partial charge in [0.1, 0.15) is 0 Å². The highest BCUT2D eigenvalue weighted by Gasteiger charge is 2.35. The Balaban J connectivity index is 1.73. The van der Waals surface area contributed by atoms with E-state index in [9.17, 15) is 9.59 Å². The molecule has 3 rings (SSSR count). The van der Waals surface area contributed by atoms with Gasteiger partial charge in [0.15, 0.2) is 0 Å². The Morgan fingerprint density at radius 1 is 1.13 bits per heavy atom. The zero-order valence-electron chi connectivity index (χ0n) is 13.0. The summed E-state index contributed by atoms with van der Waals surface area (Å²) in [6.45, 7) is 3.86. The van der Waals surface area contributed by atoms with Crippen molar-refractivity contribution in [2.75, 3.05) is 17.3 Å². The van der Waals surface area contributed by atoms with Crippen LogP contribution in [-0.4, -0.2) is 18.9 Å². The third kappa shape index (κ3) is 2.88. The summed E-state index contributed by atoms with van der Waals surface area (Å²) in [6.07, 6.45) is 0.318. The molecule has 0 fully saturated rings. The molecule has 2 aromatic rings. The van der Waals surface area contributed by atoms with E-state index in [-0.39, 0.29) is 17.7 Å². The van der Waals surface area contributed by atoms with Crippen molar-refractivity contribution in [1.82, 2.24) is 0 Å². The molecule has 0 aliphatic carbocycles. The molecule has 4 heteroatoms. The molecule has 2 amide bonds. The first-order chi connectivity index (χ1) is 11.1. The van der Waals surface area contributed by atoms with E-state index in [0.29, 0.717) is 17.7 Å². The number of likely N-dealkylation sites (N-methyl/N-ethyl adjacent to an activating group) is 1. The molecule has 1 unspecified atom stereocenters. The standard InChI is InChI=1S/C19H18N2O2/c1-13(18(22)20-14-8-4-3-5-9-14)12-16-15-10-6-7-11-17(15)21(2)19(16)23/h3-11,16H,1,12H2,2H3,(H,20,22). The number of fused-ring (bicyclic) bond motifs is 1. The van der Waals surface area contributed by atoms with Crippen LogP contribution in [0.25, 0.3) is 0 Å². The van der Waals surface area contributed by atoms with E-state index < -0.39 is 0 Å². The predicted octanol–water partition coefficient (Wildman–Crippen LogP) is 3.33. The van der Waals surface area contributed by atoms with Crippen molar-refractivity contribution in [2.45, 2.75) is 12.3 Å². The predicted molar refractivity (Wildman–Crippen MR) is 91.4 cm³/mol.